The smallest absolute Gasteiger partial charge is 0.261 e. The van der Waals surface area contributed by atoms with E-state index in [1.807, 2.05) is 18.2 Å². The Morgan fingerprint density at radius 1 is 0.971 bits per heavy atom. The molecule has 3 aromatic carbocycles. The predicted molar refractivity (Wildman–Crippen MR) is 133 cm³/mol. The molecule has 0 aromatic heterocycles. The molecule has 1 aliphatic carbocycles. The first-order chi connectivity index (χ1) is 16.4. The van der Waals surface area contributed by atoms with Crippen LogP contribution in [-0.4, -0.2) is 15.2 Å². The molecule has 34 heavy (non-hydrogen) atoms. The summed E-state index contributed by atoms with van der Waals surface area (Å²) < 4.78 is 39.9. The molecule has 3 aliphatic rings. The number of rotatable bonds is 4. The van der Waals surface area contributed by atoms with Crippen LogP contribution in [0.2, 0.25) is 10.0 Å². The molecular formula is C25H20Cl2N2O4S. The maximum absolute atomic E-state index is 13.1. The maximum Gasteiger partial charge on any atom is 0.261 e. The molecule has 3 aromatic rings. The highest BCUT2D eigenvalue weighted by atomic mass is 35.5. The Balaban J connectivity index is 1.33. The predicted octanol–water partition coefficient (Wildman–Crippen LogP) is 6.35. The number of sulfonamides is 1. The topological polar surface area (TPSA) is 76.7 Å². The van der Waals surface area contributed by atoms with E-state index in [0.29, 0.717) is 5.02 Å². The highest BCUT2D eigenvalue weighted by molar-refractivity contribution is 7.92. The van der Waals surface area contributed by atoms with Gasteiger partial charge in [-0.2, -0.15) is 0 Å². The van der Waals surface area contributed by atoms with E-state index in [0.717, 1.165) is 34.7 Å². The monoisotopic (exact) mass is 514 g/mol. The quantitative estimate of drug-likeness (QED) is 0.396. The highest BCUT2D eigenvalue weighted by Crippen LogP contribution is 2.51. The van der Waals surface area contributed by atoms with Crippen molar-refractivity contribution in [3.05, 3.63) is 87.9 Å². The lowest BCUT2D eigenvalue weighted by atomic mass is 9.77. The average Bonchev–Trinajstić information content (AvgIpc) is 3.49. The van der Waals surface area contributed by atoms with E-state index in [-0.39, 0.29) is 40.3 Å². The van der Waals surface area contributed by atoms with Crippen LogP contribution in [0.1, 0.15) is 29.5 Å². The fourth-order valence-corrected chi connectivity index (χ4v) is 6.58. The molecule has 2 aliphatic heterocycles. The van der Waals surface area contributed by atoms with E-state index in [4.69, 9.17) is 32.7 Å². The Hall–Kier alpha value is -2.87. The molecule has 3 atom stereocenters. The summed E-state index contributed by atoms with van der Waals surface area (Å²) in [4.78, 5) is 0.180. The van der Waals surface area contributed by atoms with Crippen LogP contribution in [0.4, 0.5) is 11.4 Å². The molecule has 9 heteroatoms. The number of hydrogen-bond acceptors (Lipinski definition) is 5. The minimum atomic E-state index is -3.84. The third-order valence-corrected chi connectivity index (χ3v) is 8.49. The molecule has 6 nitrogen and oxygen atoms in total. The van der Waals surface area contributed by atoms with Gasteiger partial charge >= 0.3 is 0 Å². The van der Waals surface area contributed by atoms with E-state index in [1.54, 1.807) is 24.3 Å². The SMILES string of the molecule is O=S(=O)(Nc1ccc(Cl)cc1Cl)c1ccc2c(c1)[C@H]1C=CC[C@H]1[C@@H](c1ccc3c(c1)OCO3)N2. The van der Waals surface area contributed by atoms with Gasteiger partial charge in [0.25, 0.3) is 10.0 Å². The van der Waals surface area contributed by atoms with E-state index < -0.39 is 10.0 Å². The zero-order chi connectivity index (χ0) is 23.4. The average molecular weight is 515 g/mol. The number of hydrogen-bond donors (Lipinski definition) is 2. The second-order valence-corrected chi connectivity index (χ2v) is 11.1. The van der Waals surface area contributed by atoms with Gasteiger partial charge in [0.15, 0.2) is 11.5 Å². The number of fused-ring (bicyclic) bond motifs is 4. The van der Waals surface area contributed by atoms with Gasteiger partial charge in [-0.1, -0.05) is 41.4 Å². The minimum absolute atomic E-state index is 0.0652. The first kappa shape index (κ1) is 21.6. The molecule has 174 valence electrons. The molecule has 2 heterocycles. The fourth-order valence-electron chi connectivity index (χ4n) is 4.95. The molecule has 0 saturated heterocycles. The summed E-state index contributed by atoms with van der Waals surface area (Å²) in [6.07, 6.45) is 5.23. The first-order valence-electron chi connectivity index (χ1n) is 10.8. The number of nitrogens with one attached hydrogen (secondary N) is 2. The van der Waals surface area contributed by atoms with Gasteiger partial charge in [-0.15, -0.1) is 0 Å². The van der Waals surface area contributed by atoms with Crippen molar-refractivity contribution in [3.63, 3.8) is 0 Å². The van der Waals surface area contributed by atoms with E-state index >= 15 is 0 Å². The minimum Gasteiger partial charge on any atom is -0.454 e. The summed E-state index contributed by atoms with van der Waals surface area (Å²) in [7, 11) is -3.84. The van der Waals surface area contributed by atoms with Crippen LogP contribution in [0, 0.1) is 5.92 Å². The van der Waals surface area contributed by atoms with Gasteiger partial charge in [-0.3, -0.25) is 4.72 Å². The molecule has 6 rings (SSSR count). The number of halogens is 2. The summed E-state index contributed by atoms with van der Waals surface area (Å²) in [5.41, 5.74) is 3.27. The Labute approximate surface area is 207 Å². The van der Waals surface area contributed by atoms with Crippen LogP contribution in [0.3, 0.4) is 0 Å². The summed E-state index contributed by atoms with van der Waals surface area (Å²) in [5, 5.41) is 4.30. The van der Waals surface area contributed by atoms with Crippen molar-refractivity contribution < 1.29 is 17.9 Å². The number of ether oxygens (including phenoxy) is 2. The second kappa shape index (κ2) is 8.12. The molecule has 0 fully saturated rings. The van der Waals surface area contributed by atoms with Crippen molar-refractivity contribution in [2.24, 2.45) is 5.92 Å². The second-order valence-electron chi connectivity index (χ2n) is 8.57. The summed E-state index contributed by atoms with van der Waals surface area (Å²) >= 11 is 12.1. The van der Waals surface area contributed by atoms with Gasteiger partial charge in [0.2, 0.25) is 6.79 Å². The first-order valence-corrected chi connectivity index (χ1v) is 13.1. The van der Waals surface area contributed by atoms with Gasteiger partial charge < -0.3 is 14.8 Å². The van der Waals surface area contributed by atoms with Gasteiger partial charge in [0, 0.05) is 16.6 Å². The number of anilines is 2. The van der Waals surface area contributed by atoms with Crippen molar-refractivity contribution in [1.29, 1.82) is 0 Å². The van der Waals surface area contributed by atoms with Crippen molar-refractivity contribution in [3.8, 4) is 11.5 Å². The zero-order valence-electron chi connectivity index (χ0n) is 17.8. The molecule has 0 unspecified atom stereocenters. The lowest BCUT2D eigenvalue weighted by molar-refractivity contribution is 0.174. The lowest BCUT2D eigenvalue weighted by Gasteiger charge is -2.37. The summed E-state index contributed by atoms with van der Waals surface area (Å²) in [6, 6.07) is 15.9. The van der Waals surface area contributed by atoms with Gasteiger partial charge in [0.05, 0.1) is 21.6 Å². The molecule has 0 saturated carbocycles. The Morgan fingerprint density at radius 3 is 2.68 bits per heavy atom. The molecule has 0 spiro atoms. The van der Waals surface area contributed by atoms with Crippen LogP contribution < -0.4 is 19.5 Å². The van der Waals surface area contributed by atoms with Gasteiger partial charge in [-0.25, -0.2) is 8.42 Å². The summed E-state index contributed by atoms with van der Waals surface area (Å²) in [6.45, 7) is 0.236. The number of benzene rings is 3. The third kappa shape index (κ3) is 3.68. The summed E-state index contributed by atoms with van der Waals surface area (Å²) in [5.74, 6) is 1.86. The van der Waals surface area contributed by atoms with Crippen molar-refractivity contribution in [2.75, 3.05) is 16.8 Å². The third-order valence-electron chi connectivity index (χ3n) is 6.58. The van der Waals surface area contributed by atoms with Crippen LogP contribution in [0.25, 0.3) is 0 Å². The molecule has 0 radical (unpaired) electrons. The van der Waals surface area contributed by atoms with Gasteiger partial charge in [-0.05, 0) is 72.0 Å². The van der Waals surface area contributed by atoms with Crippen LogP contribution in [0.15, 0.2) is 71.6 Å². The largest absolute Gasteiger partial charge is 0.454 e. The van der Waals surface area contributed by atoms with Crippen LogP contribution in [-0.2, 0) is 10.0 Å². The highest BCUT2D eigenvalue weighted by Gasteiger charge is 2.39. The molecule has 0 bridgehead atoms. The van der Waals surface area contributed by atoms with Gasteiger partial charge in [0.1, 0.15) is 0 Å². The molecule has 2 N–H and O–H groups in total. The maximum atomic E-state index is 13.1. The van der Waals surface area contributed by atoms with Crippen molar-refractivity contribution in [2.45, 2.75) is 23.3 Å². The fraction of sp³-hybridized carbons (Fsp3) is 0.200. The molecule has 0 amide bonds. The Bertz CT molecular complexity index is 1440. The standard InChI is InChI=1S/C25H20Cl2N2O4S/c26-15-5-7-22(20(27)11-15)29-34(30,31)16-6-8-21-19(12-16)17-2-1-3-18(17)25(28-21)14-4-9-23-24(10-14)33-13-32-23/h1-2,4-12,17-18,25,28-29H,3,13H2/t17-,18+,25+/m0/s1. The van der Waals surface area contributed by atoms with Crippen LogP contribution in [0.5, 0.6) is 11.5 Å². The normalized spacial score (nSPS) is 22.1. The lowest BCUT2D eigenvalue weighted by Crippen LogP contribution is -2.29. The Morgan fingerprint density at radius 2 is 1.82 bits per heavy atom. The van der Waals surface area contributed by atoms with Crippen LogP contribution >= 0.6 is 23.2 Å². The Kier molecular flexibility index (Phi) is 5.17. The van der Waals surface area contributed by atoms with E-state index in [1.165, 1.54) is 6.07 Å². The van der Waals surface area contributed by atoms with Crippen molar-refractivity contribution >= 4 is 44.6 Å². The zero-order valence-corrected chi connectivity index (χ0v) is 20.1. The van der Waals surface area contributed by atoms with E-state index in [9.17, 15) is 8.42 Å². The van der Waals surface area contributed by atoms with Crippen molar-refractivity contribution in [1.82, 2.24) is 0 Å². The number of allylic oxidation sites excluding steroid dienone is 2. The molecular weight excluding hydrogens is 495 g/mol. The van der Waals surface area contributed by atoms with E-state index in [2.05, 4.69) is 28.3 Å².